The first-order valence-electron chi connectivity index (χ1n) is 6.27. The minimum Gasteiger partial charge on any atom is -0.399 e. The first-order chi connectivity index (χ1) is 8.88. The molecule has 2 N–H and O–H groups in total. The van der Waals surface area contributed by atoms with Crippen LogP contribution in [0.1, 0.15) is 5.56 Å². The van der Waals surface area contributed by atoms with Crippen LogP contribution in [0, 0.1) is 6.92 Å². The number of anilines is 1. The van der Waals surface area contributed by atoms with Gasteiger partial charge >= 0.3 is 0 Å². The van der Waals surface area contributed by atoms with Crippen LogP contribution in [-0.2, 0) is 14.6 Å². The van der Waals surface area contributed by atoms with E-state index < -0.39 is 9.84 Å². The van der Waals surface area contributed by atoms with E-state index in [9.17, 15) is 8.42 Å². The van der Waals surface area contributed by atoms with E-state index in [0.29, 0.717) is 23.7 Å². The molecule has 1 unspecified atom stereocenters. The Balaban J connectivity index is 2.15. The molecular formula is C13H20N2O3S. The van der Waals surface area contributed by atoms with Crippen molar-refractivity contribution in [3.8, 4) is 0 Å². The van der Waals surface area contributed by atoms with Crippen molar-refractivity contribution in [1.29, 1.82) is 0 Å². The molecule has 1 saturated heterocycles. The van der Waals surface area contributed by atoms with Crippen molar-refractivity contribution >= 4 is 15.5 Å². The molecule has 19 heavy (non-hydrogen) atoms. The Morgan fingerprint density at radius 2 is 2.21 bits per heavy atom. The Hall–Kier alpha value is -1.11. The molecule has 0 bridgehead atoms. The molecule has 0 spiro atoms. The average molecular weight is 284 g/mol. The largest absolute Gasteiger partial charge is 0.399 e. The summed E-state index contributed by atoms with van der Waals surface area (Å²) in [6, 6.07) is 4.82. The van der Waals surface area contributed by atoms with Crippen molar-refractivity contribution in [2.75, 3.05) is 38.2 Å². The number of morpholine rings is 1. The number of rotatable bonds is 3. The van der Waals surface area contributed by atoms with Crippen molar-refractivity contribution in [3.05, 3.63) is 23.8 Å². The van der Waals surface area contributed by atoms with Crippen molar-refractivity contribution in [3.63, 3.8) is 0 Å². The second-order valence-corrected chi connectivity index (χ2v) is 7.09. The van der Waals surface area contributed by atoms with Crippen LogP contribution in [0.4, 0.5) is 5.69 Å². The Morgan fingerprint density at radius 1 is 1.47 bits per heavy atom. The van der Waals surface area contributed by atoms with Crippen molar-refractivity contribution in [2.24, 2.45) is 0 Å². The SMILES string of the molecule is Cc1cc(S(=O)(=O)CC2CN(C)CCO2)ccc1N. The maximum absolute atomic E-state index is 12.3. The lowest BCUT2D eigenvalue weighted by Gasteiger charge is -2.29. The molecule has 0 amide bonds. The number of hydrogen-bond donors (Lipinski definition) is 1. The minimum atomic E-state index is -3.33. The fourth-order valence-electron chi connectivity index (χ4n) is 2.15. The summed E-state index contributed by atoms with van der Waals surface area (Å²) in [6.45, 7) is 3.88. The van der Waals surface area contributed by atoms with Crippen LogP contribution in [0.25, 0.3) is 0 Å². The van der Waals surface area contributed by atoms with Crippen LogP contribution in [0.5, 0.6) is 0 Å². The molecule has 1 aromatic rings. The van der Waals surface area contributed by atoms with E-state index in [1.807, 2.05) is 7.05 Å². The molecule has 1 aliphatic rings. The monoisotopic (exact) mass is 284 g/mol. The van der Waals surface area contributed by atoms with Crippen LogP contribution in [0.15, 0.2) is 23.1 Å². The molecule has 6 heteroatoms. The molecule has 106 valence electrons. The molecular weight excluding hydrogens is 264 g/mol. The van der Waals surface area contributed by atoms with Crippen molar-refractivity contribution < 1.29 is 13.2 Å². The summed E-state index contributed by atoms with van der Waals surface area (Å²) in [4.78, 5) is 2.40. The highest BCUT2D eigenvalue weighted by Crippen LogP contribution is 2.19. The summed E-state index contributed by atoms with van der Waals surface area (Å²) in [7, 11) is -1.36. The van der Waals surface area contributed by atoms with E-state index in [4.69, 9.17) is 10.5 Å². The van der Waals surface area contributed by atoms with E-state index in [1.165, 1.54) is 0 Å². The van der Waals surface area contributed by atoms with Gasteiger partial charge in [0.15, 0.2) is 9.84 Å². The highest BCUT2D eigenvalue weighted by atomic mass is 32.2. The molecule has 0 radical (unpaired) electrons. The van der Waals surface area contributed by atoms with Gasteiger partial charge in [0.1, 0.15) is 0 Å². The maximum atomic E-state index is 12.3. The molecule has 2 rings (SSSR count). The van der Waals surface area contributed by atoms with Gasteiger partial charge in [-0.1, -0.05) is 0 Å². The molecule has 1 aromatic carbocycles. The standard InChI is InChI=1S/C13H20N2O3S/c1-10-7-12(3-4-13(10)14)19(16,17)9-11-8-15(2)5-6-18-11/h3-4,7,11H,5-6,8-9,14H2,1-2H3. The Labute approximate surface area is 114 Å². The van der Waals surface area contributed by atoms with Crippen LogP contribution in [0.3, 0.4) is 0 Å². The first kappa shape index (κ1) is 14.3. The number of benzene rings is 1. The number of ether oxygens (including phenoxy) is 1. The number of hydrogen-bond acceptors (Lipinski definition) is 5. The fourth-order valence-corrected chi connectivity index (χ4v) is 3.67. The summed E-state index contributed by atoms with van der Waals surface area (Å²) < 4.78 is 30.2. The zero-order chi connectivity index (χ0) is 14.0. The highest BCUT2D eigenvalue weighted by molar-refractivity contribution is 7.91. The number of nitrogens with zero attached hydrogens (tertiary/aromatic N) is 1. The lowest BCUT2D eigenvalue weighted by atomic mass is 10.2. The number of aryl methyl sites for hydroxylation is 1. The van der Waals surface area contributed by atoms with E-state index in [-0.39, 0.29) is 11.9 Å². The molecule has 1 atom stereocenters. The fraction of sp³-hybridized carbons (Fsp3) is 0.538. The third-order valence-corrected chi connectivity index (χ3v) is 5.13. The Bertz CT molecular complexity index is 557. The van der Waals surface area contributed by atoms with Gasteiger partial charge in [0.2, 0.25) is 0 Å². The number of nitrogen functional groups attached to an aromatic ring is 1. The maximum Gasteiger partial charge on any atom is 0.180 e. The summed E-state index contributed by atoms with van der Waals surface area (Å²) in [5, 5.41) is 0. The van der Waals surface area contributed by atoms with E-state index in [0.717, 1.165) is 12.1 Å². The van der Waals surface area contributed by atoms with Crippen LogP contribution >= 0.6 is 0 Å². The zero-order valence-corrected chi connectivity index (χ0v) is 12.1. The van der Waals surface area contributed by atoms with E-state index in [2.05, 4.69) is 4.90 Å². The normalized spacial score (nSPS) is 21.5. The van der Waals surface area contributed by atoms with Gasteiger partial charge in [-0.25, -0.2) is 8.42 Å². The molecule has 1 heterocycles. The number of nitrogens with two attached hydrogens (primary N) is 1. The highest BCUT2D eigenvalue weighted by Gasteiger charge is 2.25. The quantitative estimate of drug-likeness (QED) is 0.826. The predicted octanol–water partition coefficient (Wildman–Crippen LogP) is 0.682. The smallest absolute Gasteiger partial charge is 0.180 e. The van der Waals surface area contributed by atoms with E-state index >= 15 is 0 Å². The minimum absolute atomic E-state index is 0.0146. The van der Waals surface area contributed by atoms with Gasteiger partial charge in [0.25, 0.3) is 0 Å². The van der Waals surface area contributed by atoms with Crippen molar-refractivity contribution in [1.82, 2.24) is 4.90 Å². The Morgan fingerprint density at radius 3 is 2.84 bits per heavy atom. The molecule has 5 nitrogen and oxygen atoms in total. The first-order valence-corrected chi connectivity index (χ1v) is 7.93. The summed E-state index contributed by atoms with van der Waals surface area (Å²) in [5.74, 6) is 0.0146. The zero-order valence-electron chi connectivity index (χ0n) is 11.3. The third kappa shape index (κ3) is 3.46. The predicted molar refractivity (Wildman–Crippen MR) is 74.9 cm³/mol. The van der Waals surface area contributed by atoms with Crippen LogP contribution in [0.2, 0.25) is 0 Å². The lowest BCUT2D eigenvalue weighted by Crippen LogP contribution is -2.43. The van der Waals surface area contributed by atoms with Crippen LogP contribution in [-0.4, -0.2) is 51.9 Å². The molecule has 1 fully saturated rings. The summed E-state index contributed by atoms with van der Waals surface area (Å²) in [5.41, 5.74) is 7.09. The average Bonchev–Trinajstić information content (AvgIpc) is 2.32. The van der Waals surface area contributed by atoms with Gasteiger partial charge in [-0.3, -0.25) is 0 Å². The van der Waals surface area contributed by atoms with Crippen molar-refractivity contribution in [2.45, 2.75) is 17.9 Å². The topological polar surface area (TPSA) is 72.6 Å². The molecule has 0 aromatic heterocycles. The van der Waals surface area contributed by atoms with Gasteiger partial charge in [-0.2, -0.15) is 0 Å². The van der Waals surface area contributed by atoms with Gasteiger partial charge in [-0.15, -0.1) is 0 Å². The second kappa shape index (κ2) is 5.48. The Kier molecular flexibility index (Phi) is 4.13. The van der Waals surface area contributed by atoms with Crippen LogP contribution < -0.4 is 5.73 Å². The van der Waals surface area contributed by atoms with Gasteiger partial charge < -0.3 is 15.4 Å². The van der Waals surface area contributed by atoms with Gasteiger partial charge in [0, 0.05) is 18.8 Å². The molecule has 0 saturated carbocycles. The summed E-state index contributed by atoms with van der Waals surface area (Å²) in [6.07, 6.45) is -0.262. The number of likely N-dealkylation sites (N-methyl/N-ethyl adjacent to an activating group) is 1. The second-order valence-electron chi connectivity index (χ2n) is 5.05. The number of sulfone groups is 1. The third-order valence-electron chi connectivity index (χ3n) is 3.35. The summed E-state index contributed by atoms with van der Waals surface area (Å²) >= 11 is 0. The lowest BCUT2D eigenvalue weighted by molar-refractivity contribution is -0.00680. The van der Waals surface area contributed by atoms with Gasteiger partial charge in [0.05, 0.1) is 23.4 Å². The molecule has 0 aliphatic carbocycles. The van der Waals surface area contributed by atoms with Gasteiger partial charge in [-0.05, 0) is 37.7 Å². The van der Waals surface area contributed by atoms with E-state index in [1.54, 1.807) is 25.1 Å². The molecule has 1 aliphatic heterocycles.